The molecule has 0 atom stereocenters. The second-order valence-electron chi connectivity index (χ2n) is 3.63. The SMILES string of the molecule is O=c1c2ccsc2ncn1CCCCCBr. The maximum atomic E-state index is 12.0. The molecule has 0 saturated carbocycles. The molecule has 2 aromatic heterocycles. The number of nitrogens with zero attached hydrogens (tertiary/aromatic N) is 2. The van der Waals surface area contributed by atoms with Crippen LogP contribution in [-0.2, 0) is 6.54 Å². The van der Waals surface area contributed by atoms with E-state index < -0.39 is 0 Å². The van der Waals surface area contributed by atoms with E-state index in [4.69, 9.17) is 0 Å². The van der Waals surface area contributed by atoms with Crippen LogP contribution in [0.3, 0.4) is 0 Å². The lowest BCUT2D eigenvalue weighted by Gasteiger charge is -2.04. The standard InChI is InChI=1S/C11H13BrN2OS/c12-5-2-1-3-6-14-8-13-10-9(11(14)15)4-7-16-10/h4,7-8H,1-3,5-6H2. The third-order valence-electron chi connectivity index (χ3n) is 2.48. The van der Waals surface area contributed by atoms with Gasteiger partial charge in [0.1, 0.15) is 4.83 Å². The minimum atomic E-state index is 0.0880. The number of alkyl halides is 1. The van der Waals surface area contributed by atoms with Crippen LogP contribution in [0, 0.1) is 0 Å². The summed E-state index contributed by atoms with van der Waals surface area (Å²) in [6.45, 7) is 0.768. The number of aryl methyl sites for hydroxylation is 1. The molecular formula is C11H13BrN2OS. The van der Waals surface area contributed by atoms with Gasteiger partial charge in [-0.15, -0.1) is 11.3 Å². The Morgan fingerprint density at radius 2 is 2.25 bits per heavy atom. The average molecular weight is 301 g/mol. The van der Waals surface area contributed by atoms with Gasteiger partial charge in [0.2, 0.25) is 0 Å². The highest BCUT2D eigenvalue weighted by Crippen LogP contribution is 2.13. The van der Waals surface area contributed by atoms with Gasteiger partial charge in [-0.25, -0.2) is 4.98 Å². The fourth-order valence-corrected chi connectivity index (χ4v) is 2.73. The summed E-state index contributed by atoms with van der Waals surface area (Å²) >= 11 is 4.91. The zero-order chi connectivity index (χ0) is 11.4. The predicted molar refractivity (Wildman–Crippen MR) is 71.5 cm³/mol. The first-order valence-corrected chi connectivity index (χ1v) is 7.31. The Kier molecular flexibility index (Phi) is 4.12. The number of halogens is 1. The predicted octanol–water partition coefficient (Wildman–Crippen LogP) is 3.02. The number of thiophene rings is 1. The van der Waals surface area contributed by atoms with Crippen LogP contribution in [0.5, 0.6) is 0 Å². The van der Waals surface area contributed by atoms with Crippen molar-refractivity contribution < 1.29 is 0 Å². The maximum Gasteiger partial charge on any atom is 0.262 e. The molecular weight excluding hydrogens is 288 g/mol. The van der Waals surface area contributed by atoms with Crippen LogP contribution in [0.1, 0.15) is 19.3 Å². The quantitative estimate of drug-likeness (QED) is 0.628. The summed E-state index contributed by atoms with van der Waals surface area (Å²) in [6.07, 6.45) is 4.99. The van der Waals surface area contributed by atoms with Gasteiger partial charge in [0.25, 0.3) is 5.56 Å². The van der Waals surface area contributed by atoms with Crippen molar-refractivity contribution in [1.29, 1.82) is 0 Å². The minimum absolute atomic E-state index is 0.0880. The molecule has 2 aromatic rings. The van der Waals surface area contributed by atoms with Gasteiger partial charge >= 0.3 is 0 Å². The molecule has 5 heteroatoms. The number of hydrogen-bond donors (Lipinski definition) is 0. The van der Waals surface area contributed by atoms with Crippen molar-refractivity contribution >= 4 is 37.5 Å². The molecule has 2 heterocycles. The Hall–Kier alpha value is -0.680. The van der Waals surface area contributed by atoms with Crippen molar-refractivity contribution in [2.75, 3.05) is 5.33 Å². The van der Waals surface area contributed by atoms with Crippen LogP contribution >= 0.6 is 27.3 Å². The largest absolute Gasteiger partial charge is 0.299 e. The third-order valence-corrected chi connectivity index (χ3v) is 3.86. The summed E-state index contributed by atoms with van der Waals surface area (Å²) in [5.41, 5.74) is 0.0880. The summed E-state index contributed by atoms with van der Waals surface area (Å²) in [5.74, 6) is 0. The normalized spacial score (nSPS) is 11.1. The molecule has 16 heavy (non-hydrogen) atoms. The smallest absolute Gasteiger partial charge is 0.262 e. The van der Waals surface area contributed by atoms with Gasteiger partial charge in [0, 0.05) is 11.9 Å². The molecule has 0 aliphatic heterocycles. The lowest BCUT2D eigenvalue weighted by molar-refractivity contribution is 0.586. The Morgan fingerprint density at radius 3 is 3.06 bits per heavy atom. The van der Waals surface area contributed by atoms with Crippen molar-refractivity contribution in [3.8, 4) is 0 Å². The van der Waals surface area contributed by atoms with E-state index in [1.54, 1.807) is 10.9 Å². The number of fused-ring (bicyclic) bond motifs is 1. The highest BCUT2D eigenvalue weighted by atomic mass is 79.9. The highest BCUT2D eigenvalue weighted by Gasteiger charge is 2.04. The molecule has 0 aliphatic carbocycles. The molecule has 0 aromatic carbocycles. The summed E-state index contributed by atoms with van der Waals surface area (Å²) in [5, 5.41) is 3.69. The van der Waals surface area contributed by atoms with E-state index in [1.165, 1.54) is 11.3 Å². The van der Waals surface area contributed by atoms with E-state index in [9.17, 15) is 4.79 Å². The van der Waals surface area contributed by atoms with Crippen LogP contribution in [0.15, 0.2) is 22.6 Å². The molecule has 86 valence electrons. The molecule has 0 fully saturated rings. The first-order chi connectivity index (χ1) is 7.83. The summed E-state index contributed by atoms with van der Waals surface area (Å²) in [4.78, 5) is 17.1. The van der Waals surface area contributed by atoms with Gasteiger partial charge in [0.05, 0.1) is 11.7 Å². The Bertz CT molecular complexity index is 520. The van der Waals surface area contributed by atoms with Crippen molar-refractivity contribution in [1.82, 2.24) is 9.55 Å². The first kappa shape index (κ1) is 11.8. The first-order valence-electron chi connectivity index (χ1n) is 5.31. The summed E-state index contributed by atoms with van der Waals surface area (Å²) in [7, 11) is 0. The molecule has 3 nitrogen and oxygen atoms in total. The van der Waals surface area contributed by atoms with E-state index >= 15 is 0 Å². The van der Waals surface area contributed by atoms with Crippen LogP contribution in [0.25, 0.3) is 10.2 Å². The zero-order valence-corrected chi connectivity index (χ0v) is 11.3. The van der Waals surface area contributed by atoms with Gasteiger partial charge in [-0.3, -0.25) is 9.36 Å². The van der Waals surface area contributed by atoms with Crippen LogP contribution in [-0.4, -0.2) is 14.9 Å². The fourth-order valence-electron chi connectivity index (χ4n) is 1.61. The average Bonchev–Trinajstić information content (AvgIpc) is 2.76. The van der Waals surface area contributed by atoms with Gasteiger partial charge in [-0.05, 0) is 24.3 Å². The van der Waals surface area contributed by atoms with E-state index in [1.807, 2.05) is 11.4 Å². The van der Waals surface area contributed by atoms with Crippen LogP contribution in [0.2, 0.25) is 0 Å². The van der Waals surface area contributed by atoms with Crippen LogP contribution < -0.4 is 5.56 Å². The molecule has 0 aliphatic rings. The second kappa shape index (κ2) is 5.59. The monoisotopic (exact) mass is 300 g/mol. The number of aromatic nitrogens is 2. The molecule has 0 bridgehead atoms. The van der Waals surface area contributed by atoms with Crippen molar-refractivity contribution in [2.24, 2.45) is 0 Å². The van der Waals surface area contributed by atoms with Gasteiger partial charge in [-0.2, -0.15) is 0 Å². The Balaban J connectivity index is 2.12. The topological polar surface area (TPSA) is 34.9 Å². The Labute approximate surface area is 106 Å². The zero-order valence-electron chi connectivity index (χ0n) is 8.86. The van der Waals surface area contributed by atoms with Crippen molar-refractivity contribution in [3.63, 3.8) is 0 Å². The van der Waals surface area contributed by atoms with Gasteiger partial charge < -0.3 is 0 Å². The molecule has 0 N–H and O–H groups in total. The maximum absolute atomic E-state index is 12.0. The molecule has 0 amide bonds. The van der Waals surface area contributed by atoms with Crippen molar-refractivity contribution in [3.05, 3.63) is 28.1 Å². The van der Waals surface area contributed by atoms with E-state index in [0.717, 1.165) is 41.4 Å². The molecule has 0 radical (unpaired) electrons. The van der Waals surface area contributed by atoms with Crippen molar-refractivity contribution in [2.45, 2.75) is 25.8 Å². The summed E-state index contributed by atoms with van der Waals surface area (Å²) in [6, 6.07) is 1.85. The van der Waals surface area contributed by atoms with Gasteiger partial charge in [-0.1, -0.05) is 22.4 Å². The summed E-state index contributed by atoms with van der Waals surface area (Å²) < 4.78 is 1.71. The van der Waals surface area contributed by atoms with E-state index in [2.05, 4.69) is 20.9 Å². The molecule has 0 spiro atoms. The molecule has 0 saturated heterocycles. The van der Waals surface area contributed by atoms with E-state index in [-0.39, 0.29) is 5.56 Å². The van der Waals surface area contributed by atoms with E-state index in [0.29, 0.717) is 0 Å². The number of unbranched alkanes of at least 4 members (excludes halogenated alkanes) is 2. The Morgan fingerprint density at radius 1 is 1.38 bits per heavy atom. The minimum Gasteiger partial charge on any atom is -0.299 e. The number of rotatable bonds is 5. The van der Waals surface area contributed by atoms with Gasteiger partial charge in [0.15, 0.2) is 0 Å². The van der Waals surface area contributed by atoms with Crippen LogP contribution in [0.4, 0.5) is 0 Å². The fraction of sp³-hybridized carbons (Fsp3) is 0.455. The molecule has 2 rings (SSSR count). The third kappa shape index (κ3) is 2.52. The second-order valence-corrected chi connectivity index (χ2v) is 5.32. The lowest BCUT2D eigenvalue weighted by atomic mass is 10.2. The highest BCUT2D eigenvalue weighted by molar-refractivity contribution is 9.09. The number of hydrogen-bond acceptors (Lipinski definition) is 3. The molecule has 0 unspecified atom stereocenters. The lowest BCUT2D eigenvalue weighted by Crippen LogP contribution is -2.19.